The summed E-state index contributed by atoms with van der Waals surface area (Å²) in [5, 5.41) is 0. The van der Waals surface area contributed by atoms with Crippen LogP contribution in [0.15, 0.2) is 6.07 Å². The number of thiocarbonyl (C=S) groups is 1. The topological polar surface area (TPSA) is 62.5 Å². The Morgan fingerprint density at radius 2 is 2.10 bits per heavy atom. The van der Waals surface area contributed by atoms with Gasteiger partial charge in [-0.3, -0.25) is 9.78 Å². The molecule has 20 heavy (non-hydrogen) atoms. The summed E-state index contributed by atoms with van der Waals surface area (Å²) in [5.74, 6) is 0.114. The third-order valence-electron chi connectivity index (χ3n) is 3.57. The van der Waals surface area contributed by atoms with Crippen molar-refractivity contribution in [3.63, 3.8) is 0 Å². The van der Waals surface area contributed by atoms with Gasteiger partial charge in [0.1, 0.15) is 4.99 Å². The van der Waals surface area contributed by atoms with Crippen LogP contribution < -0.4 is 10.6 Å². The van der Waals surface area contributed by atoms with Crippen LogP contribution >= 0.6 is 12.2 Å². The van der Waals surface area contributed by atoms with E-state index in [1.165, 1.54) is 0 Å². The third-order valence-corrected chi connectivity index (χ3v) is 3.77. The van der Waals surface area contributed by atoms with E-state index < -0.39 is 0 Å². The fraction of sp³-hybridized carbons (Fsp3) is 0.500. The number of anilines is 1. The molecule has 1 aromatic heterocycles. The van der Waals surface area contributed by atoms with E-state index >= 15 is 0 Å². The van der Waals surface area contributed by atoms with E-state index in [9.17, 15) is 4.79 Å². The molecule has 6 heteroatoms. The molecule has 0 saturated carbocycles. The molecule has 0 aromatic carbocycles. The van der Waals surface area contributed by atoms with Crippen LogP contribution in [-0.2, 0) is 4.79 Å². The van der Waals surface area contributed by atoms with Gasteiger partial charge in [0, 0.05) is 31.5 Å². The number of carbonyl (C=O) groups excluding carboxylic acids is 1. The van der Waals surface area contributed by atoms with E-state index in [0.29, 0.717) is 11.5 Å². The van der Waals surface area contributed by atoms with Crippen LogP contribution in [0.3, 0.4) is 0 Å². The highest BCUT2D eigenvalue weighted by molar-refractivity contribution is 7.80. The number of pyridine rings is 1. The molecule has 0 atom stereocenters. The molecule has 0 spiro atoms. The maximum atomic E-state index is 12.1. The van der Waals surface area contributed by atoms with Crippen LogP contribution in [0.2, 0.25) is 0 Å². The lowest BCUT2D eigenvalue weighted by Gasteiger charge is -2.25. The first kappa shape index (κ1) is 14.7. The zero-order valence-corrected chi connectivity index (χ0v) is 13.0. The molecule has 2 N–H and O–H groups in total. The van der Waals surface area contributed by atoms with Gasteiger partial charge in [-0.1, -0.05) is 12.2 Å². The molecule has 1 aromatic rings. The minimum Gasteiger partial charge on any atom is -0.389 e. The molecule has 1 amide bonds. The van der Waals surface area contributed by atoms with Gasteiger partial charge in [0.15, 0.2) is 0 Å². The number of hydrogen-bond acceptors (Lipinski definition) is 4. The Kier molecular flexibility index (Phi) is 4.23. The van der Waals surface area contributed by atoms with Gasteiger partial charge in [0.2, 0.25) is 5.91 Å². The SMILES string of the molecule is Cc1cc(N2CCCN(C)C(=O)C2)c(C(N)=S)c(C)n1. The number of hydrogen-bond donors (Lipinski definition) is 1. The summed E-state index contributed by atoms with van der Waals surface area (Å²) in [6.07, 6.45) is 0.930. The molecule has 108 valence electrons. The summed E-state index contributed by atoms with van der Waals surface area (Å²) < 4.78 is 0. The van der Waals surface area contributed by atoms with E-state index in [4.69, 9.17) is 18.0 Å². The molecule has 0 unspecified atom stereocenters. The second kappa shape index (κ2) is 5.75. The Morgan fingerprint density at radius 1 is 1.40 bits per heavy atom. The van der Waals surface area contributed by atoms with Crippen molar-refractivity contribution >= 4 is 28.8 Å². The first-order valence-electron chi connectivity index (χ1n) is 6.67. The molecule has 0 aliphatic carbocycles. The first-order valence-corrected chi connectivity index (χ1v) is 7.08. The number of nitrogens with two attached hydrogens (primary N) is 1. The highest BCUT2D eigenvalue weighted by Crippen LogP contribution is 2.25. The smallest absolute Gasteiger partial charge is 0.241 e. The fourth-order valence-corrected chi connectivity index (χ4v) is 2.81. The zero-order valence-electron chi connectivity index (χ0n) is 12.1. The van der Waals surface area contributed by atoms with Gasteiger partial charge in [-0.2, -0.15) is 0 Å². The van der Waals surface area contributed by atoms with Gasteiger partial charge >= 0.3 is 0 Å². The van der Waals surface area contributed by atoms with E-state index in [0.717, 1.165) is 42.1 Å². The number of carbonyl (C=O) groups is 1. The summed E-state index contributed by atoms with van der Waals surface area (Å²) in [6, 6.07) is 1.96. The van der Waals surface area contributed by atoms with Gasteiger partial charge in [0.25, 0.3) is 0 Å². The quantitative estimate of drug-likeness (QED) is 0.824. The summed E-state index contributed by atoms with van der Waals surface area (Å²) in [6.45, 7) is 5.78. The lowest BCUT2D eigenvalue weighted by atomic mass is 10.1. The molecule has 2 heterocycles. The van der Waals surface area contributed by atoms with Crippen LogP contribution in [0.5, 0.6) is 0 Å². The number of aryl methyl sites for hydroxylation is 2. The molecule has 1 fully saturated rings. The molecule has 1 aliphatic rings. The van der Waals surface area contributed by atoms with Crippen LogP contribution in [0, 0.1) is 13.8 Å². The number of likely N-dealkylation sites (N-methyl/N-ethyl adjacent to an activating group) is 1. The van der Waals surface area contributed by atoms with Crippen molar-refractivity contribution in [2.45, 2.75) is 20.3 Å². The van der Waals surface area contributed by atoms with Gasteiger partial charge in [-0.05, 0) is 26.3 Å². The number of rotatable bonds is 2. The molecule has 2 rings (SSSR count). The van der Waals surface area contributed by atoms with Crippen molar-refractivity contribution in [1.29, 1.82) is 0 Å². The Morgan fingerprint density at radius 3 is 2.75 bits per heavy atom. The Balaban J connectivity index is 2.45. The normalized spacial score (nSPS) is 16.2. The number of amides is 1. The standard InChI is InChI=1S/C14H20N4OS/c1-9-7-11(13(14(15)20)10(2)16-9)18-6-4-5-17(3)12(19)8-18/h7H,4-6,8H2,1-3H3,(H2,15,20). The van der Waals surface area contributed by atoms with Gasteiger partial charge in [-0.15, -0.1) is 0 Å². The third kappa shape index (κ3) is 2.90. The van der Waals surface area contributed by atoms with Gasteiger partial charge in [-0.25, -0.2) is 0 Å². The highest BCUT2D eigenvalue weighted by atomic mass is 32.1. The van der Waals surface area contributed by atoms with Crippen LogP contribution in [0.4, 0.5) is 5.69 Å². The van der Waals surface area contributed by atoms with Crippen molar-refractivity contribution < 1.29 is 4.79 Å². The molecular formula is C14H20N4OS. The summed E-state index contributed by atoms with van der Waals surface area (Å²) in [7, 11) is 1.84. The Hall–Kier alpha value is -1.69. The van der Waals surface area contributed by atoms with Crippen molar-refractivity contribution in [3.05, 3.63) is 23.0 Å². The monoisotopic (exact) mass is 292 g/mol. The largest absolute Gasteiger partial charge is 0.389 e. The van der Waals surface area contributed by atoms with Crippen LogP contribution in [0.25, 0.3) is 0 Å². The zero-order chi connectivity index (χ0) is 14.9. The lowest BCUT2D eigenvalue weighted by Crippen LogP contribution is -2.35. The first-order chi connectivity index (χ1) is 9.40. The Labute approximate surface area is 124 Å². The van der Waals surface area contributed by atoms with Gasteiger partial charge in [0.05, 0.1) is 17.8 Å². The second-order valence-corrected chi connectivity index (χ2v) is 5.64. The molecule has 0 radical (unpaired) electrons. The lowest BCUT2D eigenvalue weighted by molar-refractivity contribution is -0.127. The van der Waals surface area contributed by atoms with Crippen molar-refractivity contribution in [2.24, 2.45) is 5.73 Å². The number of aromatic nitrogens is 1. The predicted molar refractivity (Wildman–Crippen MR) is 84.1 cm³/mol. The summed E-state index contributed by atoms with van der Waals surface area (Å²) in [4.78, 5) is 20.6. The van der Waals surface area contributed by atoms with Crippen molar-refractivity contribution in [2.75, 3.05) is 31.6 Å². The molecular weight excluding hydrogens is 272 g/mol. The van der Waals surface area contributed by atoms with Crippen LogP contribution in [0.1, 0.15) is 23.4 Å². The fourth-order valence-electron chi connectivity index (χ4n) is 2.55. The summed E-state index contributed by atoms with van der Waals surface area (Å²) >= 11 is 5.15. The van der Waals surface area contributed by atoms with E-state index in [1.54, 1.807) is 4.90 Å². The van der Waals surface area contributed by atoms with Crippen LogP contribution in [-0.4, -0.2) is 47.5 Å². The Bertz CT molecular complexity index is 558. The maximum Gasteiger partial charge on any atom is 0.241 e. The van der Waals surface area contributed by atoms with E-state index in [-0.39, 0.29) is 5.91 Å². The van der Waals surface area contributed by atoms with Crippen molar-refractivity contribution in [3.8, 4) is 0 Å². The molecule has 5 nitrogen and oxygen atoms in total. The van der Waals surface area contributed by atoms with E-state index in [1.807, 2.05) is 27.0 Å². The molecule has 0 bridgehead atoms. The summed E-state index contributed by atoms with van der Waals surface area (Å²) in [5.41, 5.74) is 9.27. The molecule has 1 aliphatic heterocycles. The average Bonchev–Trinajstić information content (AvgIpc) is 2.50. The average molecular weight is 292 g/mol. The minimum absolute atomic E-state index is 0.114. The van der Waals surface area contributed by atoms with Crippen molar-refractivity contribution in [1.82, 2.24) is 9.88 Å². The van der Waals surface area contributed by atoms with Gasteiger partial charge < -0.3 is 15.5 Å². The second-order valence-electron chi connectivity index (χ2n) is 5.20. The minimum atomic E-state index is 0.114. The number of nitrogens with zero attached hydrogens (tertiary/aromatic N) is 3. The predicted octanol–water partition coefficient (Wildman–Crippen LogP) is 1.00. The highest BCUT2D eigenvalue weighted by Gasteiger charge is 2.23. The molecule has 1 saturated heterocycles. The van der Waals surface area contributed by atoms with E-state index in [2.05, 4.69) is 9.88 Å². The maximum absolute atomic E-state index is 12.1.